The summed E-state index contributed by atoms with van der Waals surface area (Å²) in [6.07, 6.45) is 1.82. The Kier molecular flexibility index (Phi) is 5.43. The van der Waals surface area contributed by atoms with Gasteiger partial charge in [-0.25, -0.2) is 4.68 Å². The largest absolute Gasteiger partial charge is 0.383 e. The summed E-state index contributed by atoms with van der Waals surface area (Å²) in [6.45, 7) is 2.05. The molecule has 1 aromatic carbocycles. The summed E-state index contributed by atoms with van der Waals surface area (Å²) >= 11 is 3.20. The first-order chi connectivity index (χ1) is 10.1. The van der Waals surface area contributed by atoms with Crippen molar-refractivity contribution in [2.24, 2.45) is 0 Å². The number of nitrogens with zero attached hydrogens (tertiary/aromatic N) is 3. The Hall–Kier alpha value is -1.77. The Balaban J connectivity index is 2.07. The third-order valence-electron chi connectivity index (χ3n) is 2.83. The van der Waals surface area contributed by atoms with E-state index in [-0.39, 0.29) is 5.69 Å². The Morgan fingerprint density at radius 3 is 2.95 bits per heavy atom. The third kappa shape index (κ3) is 4.10. The van der Waals surface area contributed by atoms with Gasteiger partial charge in [-0.1, -0.05) is 0 Å². The van der Waals surface area contributed by atoms with E-state index < -0.39 is 4.92 Å². The lowest BCUT2D eigenvalue weighted by Gasteiger charge is -2.03. The number of nitro groups is 1. The van der Waals surface area contributed by atoms with Crippen molar-refractivity contribution in [1.29, 1.82) is 0 Å². The maximum Gasteiger partial charge on any atom is 0.283 e. The molecule has 2 rings (SSSR count). The maximum atomic E-state index is 10.8. The van der Waals surface area contributed by atoms with Crippen LogP contribution in [0, 0.1) is 10.1 Å². The summed E-state index contributed by atoms with van der Waals surface area (Å²) in [5.41, 5.74) is 1.68. The normalized spacial score (nSPS) is 10.8. The molecule has 8 heteroatoms. The number of nitrogens with one attached hydrogen (secondary N) is 1. The van der Waals surface area contributed by atoms with E-state index in [1.165, 1.54) is 6.07 Å². The minimum absolute atomic E-state index is 0.0346. The molecular weight excluding hydrogens is 340 g/mol. The molecular formula is C13H15BrN4O3. The number of methoxy groups -OCH3 is 1. The Morgan fingerprint density at radius 1 is 1.48 bits per heavy atom. The number of halogens is 1. The number of rotatable bonds is 7. The molecule has 0 bridgehead atoms. The van der Waals surface area contributed by atoms with Crippen LogP contribution in [0.2, 0.25) is 0 Å². The average molecular weight is 355 g/mol. The van der Waals surface area contributed by atoms with Gasteiger partial charge >= 0.3 is 0 Å². The van der Waals surface area contributed by atoms with Gasteiger partial charge < -0.3 is 10.1 Å². The first-order valence-corrected chi connectivity index (χ1v) is 7.09. The fourth-order valence-electron chi connectivity index (χ4n) is 1.78. The van der Waals surface area contributed by atoms with E-state index in [4.69, 9.17) is 4.74 Å². The van der Waals surface area contributed by atoms with Crippen LogP contribution in [-0.2, 0) is 11.3 Å². The van der Waals surface area contributed by atoms with E-state index in [9.17, 15) is 10.1 Å². The SMILES string of the molecule is COCCNCc1ccn(-c2ccc([N+](=O)[O-])c(Br)c2)n1. The lowest BCUT2D eigenvalue weighted by Crippen LogP contribution is -2.18. The number of hydrogen-bond acceptors (Lipinski definition) is 5. The van der Waals surface area contributed by atoms with Crippen molar-refractivity contribution in [2.75, 3.05) is 20.3 Å². The molecule has 0 spiro atoms. The lowest BCUT2D eigenvalue weighted by atomic mass is 10.3. The molecule has 1 aromatic heterocycles. The van der Waals surface area contributed by atoms with E-state index >= 15 is 0 Å². The van der Waals surface area contributed by atoms with Crippen LogP contribution in [-0.4, -0.2) is 35.0 Å². The molecule has 0 unspecified atom stereocenters. The van der Waals surface area contributed by atoms with E-state index in [1.807, 2.05) is 12.3 Å². The van der Waals surface area contributed by atoms with Crippen LogP contribution >= 0.6 is 15.9 Å². The van der Waals surface area contributed by atoms with Crippen LogP contribution in [0.5, 0.6) is 0 Å². The Labute approximate surface area is 130 Å². The highest BCUT2D eigenvalue weighted by Crippen LogP contribution is 2.26. The number of nitro benzene ring substituents is 1. The molecule has 2 aromatic rings. The number of aromatic nitrogens is 2. The van der Waals surface area contributed by atoms with Gasteiger partial charge in [-0.3, -0.25) is 10.1 Å². The molecule has 0 aliphatic rings. The van der Waals surface area contributed by atoms with E-state index in [0.717, 1.165) is 17.9 Å². The van der Waals surface area contributed by atoms with E-state index in [2.05, 4.69) is 26.3 Å². The van der Waals surface area contributed by atoms with Gasteiger partial charge in [0.25, 0.3) is 5.69 Å². The van der Waals surface area contributed by atoms with Crippen LogP contribution in [0.25, 0.3) is 5.69 Å². The van der Waals surface area contributed by atoms with Gasteiger partial charge in [0, 0.05) is 32.5 Å². The van der Waals surface area contributed by atoms with Crippen LogP contribution in [0.4, 0.5) is 5.69 Å². The van der Waals surface area contributed by atoms with Crippen LogP contribution in [0.1, 0.15) is 5.69 Å². The maximum absolute atomic E-state index is 10.8. The van der Waals surface area contributed by atoms with Gasteiger partial charge in [-0.05, 0) is 34.1 Å². The average Bonchev–Trinajstić information content (AvgIpc) is 2.92. The third-order valence-corrected chi connectivity index (χ3v) is 3.46. The van der Waals surface area contributed by atoms with Crippen LogP contribution in [0.15, 0.2) is 34.9 Å². The van der Waals surface area contributed by atoms with Gasteiger partial charge in [0.1, 0.15) is 0 Å². The summed E-state index contributed by atoms with van der Waals surface area (Å²) in [4.78, 5) is 10.4. The topological polar surface area (TPSA) is 82.2 Å². The summed E-state index contributed by atoms with van der Waals surface area (Å²) in [5.74, 6) is 0. The highest BCUT2D eigenvalue weighted by Gasteiger charge is 2.12. The highest BCUT2D eigenvalue weighted by molar-refractivity contribution is 9.10. The highest BCUT2D eigenvalue weighted by atomic mass is 79.9. The second-order valence-electron chi connectivity index (χ2n) is 4.31. The summed E-state index contributed by atoms with van der Waals surface area (Å²) in [5, 5.41) is 18.4. The van der Waals surface area contributed by atoms with Crippen molar-refractivity contribution in [3.63, 3.8) is 0 Å². The quantitative estimate of drug-likeness (QED) is 0.468. The standard InChI is InChI=1S/C13H15BrN4O3/c1-21-7-5-15-9-10-4-6-17(16-10)11-2-3-13(18(19)20)12(14)8-11/h2-4,6,8,15H,5,7,9H2,1H3. The van der Waals surface area contributed by atoms with Crippen LogP contribution < -0.4 is 5.32 Å². The van der Waals surface area contributed by atoms with Gasteiger partial charge in [-0.15, -0.1) is 0 Å². The van der Waals surface area contributed by atoms with Gasteiger partial charge in [0.2, 0.25) is 0 Å². The molecule has 21 heavy (non-hydrogen) atoms. The molecule has 7 nitrogen and oxygen atoms in total. The molecule has 1 heterocycles. The molecule has 0 saturated heterocycles. The predicted molar refractivity (Wildman–Crippen MR) is 81.5 cm³/mol. The van der Waals surface area contributed by atoms with Crippen molar-refractivity contribution in [3.8, 4) is 5.69 Å². The molecule has 0 radical (unpaired) electrons. The molecule has 0 saturated carbocycles. The monoisotopic (exact) mass is 354 g/mol. The molecule has 0 aliphatic heterocycles. The predicted octanol–water partition coefficient (Wildman–Crippen LogP) is 2.28. The lowest BCUT2D eigenvalue weighted by molar-refractivity contribution is -0.385. The minimum Gasteiger partial charge on any atom is -0.383 e. The smallest absolute Gasteiger partial charge is 0.283 e. The minimum atomic E-state index is -0.428. The van der Waals surface area contributed by atoms with Crippen molar-refractivity contribution in [3.05, 3.63) is 50.7 Å². The number of benzene rings is 1. The zero-order chi connectivity index (χ0) is 15.2. The zero-order valence-corrected chi connectivity index (χ0v) is 13.0. The molecule has 112 valence electrons. The van der Waals surface area contributed by atoms with Crippen molar-refractivity contribution in [1.82, 2.24) is 15.1 Å². The zero-order valence-electron chi connectivity index (χ0n) is 11.5. The summed E-state index contributed by atoms with van der Waals surface area (Å²) in [7, 11) is 1.66. The summed E-state index contributed by atoms with van der Waals surface area (Å²) < 4.78 is 7.06. The Morgan fingerprint density at radius 2 is 2.29 bits per heavy atom. The summed E-state index contributed by atoms with van der Waals surface area (Å²) in [6, 6.07) is 6.69. The van der Waals surface area contributed by atoms with Crippen LogP contribution in [0.3, 0.4) is 0 Å². The fourth-order valence-corrected chi connectivity index (χ4v) is 2.29. The fraction of sp³-hybridized carbons (Fsp3) is 0.308. The van der Waals surface area contributed by atoms with Gasteiger partial charge in [0.15, 0.2) is 0 Å². The Bertz CT molecular complexity index is 630. The van der Waals surface area contributed by atoms with Crippen molar-refractivity contribution >= 4 is 21.6 Å². The second-order valence-corrected chi connectivity index (χ2v) is 5.17. The van der Waals surface area contributed by atoms with E-state index in [1.54, 1.807) is 23.9 Å². The molecule has 0 amide bonds. The van der Waals surface area contributed by atoms with Crippen molar-refractivity contribution < 1.29 is 9.66 Å². The molecule has 0 atom stereocenters. The first kappa shape index (κ1) is 15.6. The van der Waals surface area contributed by atoms with Gasteiger partial charge in [-0.2, -0.15) is 5.10 Å². The second kappa shape index (κ2) is 7.30. The van der Waals surface area contributed by atoms with Crippen molar-refractivity contribution in [2.45, 2.75) is 6.54 Å². The first-order valence-electron chi connectivity index (χ1n) is 6.30. The van der Waals surface area contributed by atoms with Gasteiger partial charge in [0.05, 0.1) is 27.4 Å². The molecule has 0 aliphatic carbocycles. The number of ether oxygens (including phenoxy) is 1. The number of hydrogen-bond donors (Lipinski definition) is 1. The molecule has 0 fully saturated rings. The molecule has 1 N–H and O–H groups in total. The van der Waals surface area contributed by atoms with E-state index in [0.29, 0.717) is 17.6 Å².